The molecular weight excluding hydrogens is 278 g/mol. The summed E-state index contributed by atoms with van der Waals surface area (Å²) in [6.45, 7) is 7.05. The summed E-state index contributed by atoms with van der Waals surface area (Å²) in [6, 6.07) is 7.77. The smallest absolute Gasteiger partial charge is 0.246 e. The van der Waals surface area contributed by atoms with Crippen LogP contribution in [0.1, 0.15) is 25.8 Å². The maximum absolute atomic E-state index is 12.5. The van der Waals surface area contributed by atoms with Gasteiger partial charge in [-0.15, -0.1) is 0 Å². The van der Waals surface area contributed by atoms with Crippen LogP contribution in [0.4, 0.5) is 0 Å². The van der Waals surface area contributed by atoms with Gasteiger partial charge in [0.15, 0.2) is 0 Å². The van der Waals surface area contributed by atoms with Crippen LogP contribution in [-0.2, 0) is 9.53 Å². The summed E-state index contributed by atoms with van der Waals surface area (Å²) in [5, 5.41) is 0. The summed E-state index contributed by atoms with van der Waals surface area (Å²) in [7, 11) is 1.64. The highest BCUT2D eigenvalue weighted by Crippen LogP contribution is 2.20. The number of nitrogens with zero attached hydrogens (tertiary/aromatic N) is 1. The third-order valence-electron chi connectivity index (χ3n) is 4.06. The third kappa shape index (κ3) is 4.34. The Balaban J connectivity index is 2.05. The van der Waals surface area contributed by atoms with Crippen molar-refractivity contribution >= 4 is 11.5 Å². The summed E-state index contributed by atoms with van der Waals surface area (Å²) in [4.78, 5) is 14.4. The lowest BCUT2D eigenvalue weighted by molar-refractivity contribution is -0.126. The lowest BCUT2D eigenvalue weighted by Gasteiger charge is -2.22. The summed E-state index contributed by atoms with van der Waals surface area (Å²) < 4.78 is 10.6. The second-order valence-electron chi connectivity index (χ2n) is 5.67. The van der Waals surface area contributed by atoms with Crippen molar-refractivity contribution in [3.05, 3.63) is 35.9 Å². The molecule has 0 aliphatic carbocycles. The lowest BCUT2D eigenvalue weighted by Crippen LogP contribution is -2.34. The standard InChI is InChI=1S/C18H25NO3/c1-4-19(12-15-8-9-22-13-15)18(20)10-14(2)16-6-5-7-17(11-16)21-3/h5-7,10-11,15H,4,8-9,12-13H2,1-3H3/b14-10+/t15-/m0/s1. The van der Waals surface area contributed by atoms with Gasteiger partial charge in [-0.25, -0.2) is 0 Å². The van der Waals surface area contributed by atoms with E-state index in [9.17, 15) is 4.79 Å². The molecule has 1 saturated heterocycles. The van der Waals surface area contributed by atoms with Crippen molar-refractivity contribution in [3.8, 4) is 5.75 Å². The van der Waals surface area contributed by atoms with Gasteiger partial charge in [0.25, 0.3) is 0 Å². The van der Waals surface area contributed by atoms with E-state index in [-0.39, 0.29) is 5.91 Å². The van der Waals surface area contributed by atoms with E-state index in [1.54, 1.807) is 13.2 Å². The van der Waals surface area contributed by atoms with E-state index in [1.165, 1.54) is 0 Å². The summed E-state index contributed by atoms with van der Waals surface area (Å²) in [6.07, 6.45) is 2.76. The molecule has 1 aliphatic rings. The molecule has 1 amide bonds. The van der Waals surface area contributed by atoms with Crippen molar-refractivity contribution in [2.24, 2.45) is 5.92 Å². The van der Waals surface area contributed by atoms with Crippen LogP contribution in [-0.4, -0.2) is 44.2 Å². The molecule has 1 aliphatic heterocycles. The molecule has 0 unspecified atom stereocenters. The van der Waals surface area contributed by atoms with Crippen LogP contribution in [0.3, 0.4) is 0 Å². The van der Waals surface area contributed by atoms with Gasteiger partial charge in [0.05, 0.1) is 13.7 Å². The van der Waals surface area contributed by atoms with Gasteiger partial charge in [0, 0.05) is 31.7 Å². The van der Waals surface area contributed by atoms with Crippen molar-refractivity contribution in [2.45, 2.75) is 20.3 Å². The Labute approximate surface area is 132 Å². The molecule has 0 radical (unpaired) electrons. The molecule has 22 heavy (non-hydrogen) atoms. The first-order chi connectivity index (χ1) is 10.6. The first-order valence-corrected chi connectivity index (χ1v) is 7.83. The van der Waals surface area contributed by atoms with Crippen LogP contribution < -0.4 is 4.74 Å². The van der Waals surface area contributed by atoms with E-state index >= 15 is 0 Å². The maximum atomic E-state index is 12.5. The molecular formula is C18H25NO3. The Morgan fingerprint density at radius 3 is 2.95 bits per heavy atom. The van der Waals surface area contributed by atoms with E-state index in [0.29, 0.717) is 5.92 Å². The van der Waals surface area contributed by atoms with E-state index in [1.807, 2.05) is 43.0 Å². The number of allylic oxidation sites excluding steroid dienone is 1. The number of likely N-dealkylation sites (N-methyl/N-ethyl adjacent to an activating group) is 1. The lowest BCUT2D eigenvalue weighted by atomic mass is 10.1. The third-order valence-corrected chi connectivity index (χ3v) is 4.06. The fourth-order valence-corrected chi connectivity index (χ4v) is 2.64. The van der Waals surface area contributed by atoms with Crippen LogP contribution in [0.15, 0.2) is 30.3 Å². The van der Waals surface area contributed by atoms with Gasteiger partial charge in [-0.1, -0.05) is 12.1 Å². The Morgan fingerprint density at radius 1 is 1.50 bits per heavy atom. The molecule has 1 fully saturated rings. The van der Waals surface area contributed by atoms with Crippen molar-refractivity contribution in [2.75, 3.05) is 33.4 Å². The van der Waals surface area contributed by atoms with Crippen LogP contribution in [0.25, 0.3) is 5.57 Å². The molecule has 120 valence electrons. The van der Waals surface area contributed by atoms with Gasteiger partial charge >= 0.3 is 0 Å². The van der Waals surface area contributed by atoms with Crippen molar-refractivity contribution in [3.63, 3.8) is 0 Å². The molecule has 4 heteroatoms. The molecule has 0 spiro atoms. The van der Waals surface area contributed by atoms with E-state index in [4.69, 9.17) is 9.47 Å². The van der Waals surface area contributed by atoms with Crippen LogP contribution in [0, 0.1) is 5.92 Å². The average molecular weight is 303 g/mol. The molecule has 1 atom stereocenters. The van der Waals surface area contributed by atoms with Crippen LogP contribution in [0.5, 0.6) is 5.75 Å². The number of hydrogen-bond donors (Lipinski definition) is 0. The number of rotatable bonds is 6. The normalized spacial score (nSPS) is 18.3. The van der Waals surface area contributed by atoms with Crippen LogP contribution in [0.2, 0.25) is 0 Å². The predicted molar refractivity (Wildman–Crippen MR) is 87.8 cm³/mol. The largest absolute Gasteiger partial charge is 0.497 e. The zero-order valence-electron chi connectivity index (χ0n) is 13.7. The number of carbonyl (C=O) groups excluding carboxylic acids is 1. The number of benzene rings is 1. The van der Waals surface area contributed by atoms with Gasteiger partial charge in [-0.2, -0.15) is 0 Å². The second kappa shape index (κ2) is 7.99. The average Bonchev–Trinajstić information content (AvgIpc) is 3.05. The fourth-order valence-electron chi connectivity index (χ4n) is 2.64. The first kappa shape index (κ1) is 16.6. The SMILES string of the molecule is CCN(C[C@@H]1CCOC1)C(=O)/C=C(\C)c1cccc(OC)c1. The Kier molecular flexibility index (Phi) is 6.01. The molecule has 0 bridgehead atoms. The molecule has 0 N–H and O–H groups in total. The number of amides is 1. The molecule has 1 heterocycles. The topological polar surface area (TPSA) is 38.8 Å². The Bertz CT molecular complexity index is 533. The summed E-state index contributed by atoms with van der Waals surface area (Å²) in [5.41, 5.74) is 1.96. The minimum atomic E-state index is 0.0646. The molecule has 0 aromatic heterocycles. The first-order valence-electron chi connectivity index (χ1n) is 7.83. The van der Waals surface area contributed by atoms with Gasteiger partial charge in [-0.3, -0.25) is 4.79 Å². The monoisotopic (exact) mass is 303 g/mol. The summed E-state index contributed by atoms with van der Waals surface area (Å²) in [5.74, 6) is 1.33. The van der Waals surface area contributed by atoms with Gasteiger partial charge in [0.1, 0.15) is 5.75 Å². The van der Waals surface area contributed by atoms with E-state index in [2.05, 4.69) is 0 Å². The number of ether oxygens (including phenoxy) is 2. The molecule has 2 rings (SSSR count). The highest BCUT2D eigenvalue weighted by Gasteiger charge is 2.20. The highest BCUT2D eigenvalue weighted by atomic mass is 16.5. The molecule has 1 aromatic rings. The summed E-state index contributed by atoms with van der Waals surface area (Å²) >= 11 is 0. The highest BCUT2D eigenvalue weighted by molar-refractivity contribution is 5.94. The number of methoxy groups -OCH3 is 1. The minimum Gasteiger partial charge on any atom is -0.497 e. The van der Waals surface area contributed by atoms with E-state index < -0.39 is 0 Å². The van der Waals surface area contributed by atoms with Gasteiger partial charge in [0.2, 0.25) is 5.91 Å². The molecule has 4 nitrogen and oxygen atoms in total. The number of carbonyl (C=O) groups is 1. The zero-order chi connectivity index (χ0) is 15.9. The fraction of sp³-hybridized carbons (Fsp3) is 0.500. The zero-order valence-corrected chi connectivity index (χ0v) is 13.7. The quantitative estimate of drug-likeness (QED) is 0.758. The number of hydrogen-bond acceptors (Lipinski definition) is 3. The molecule has 1 aromatic carbocycles. The van der Waals surface area contributed by atoms with Crippen molar-refractivity contribution in [1.29, 1.82) is 0 Å². The van der Waals surface area contributed by atoms with Gasteiger partial charge < -0.3 is 14.4 Å². The van der Waals surface area contributed by atoms with Crippen molar-refractivity contribution in [1.82, 2.24) is 4.90 Å². The second-order valence-corrected chi connectivity index (χ2v) is 5.67. The minimum absolute atomic E-state index is 0.0646. The molecule has 0 saturated carbocycles. The van der Waals surface area contributed by atoms with Crippen LogP contribution >= 0.6 is 0 Å². The Hall–Kier alpha value is -1.81. The predicted octanol–water partition coefficient (Wildman–Crippen LogP) is 2.98. The van der Waals surface area contributed by atoms with E-state index in [0.717, 1.165) is 49.6 Å². The van der Waals surface area contributed by atoms with Gasteiger partial charge in [-0.05, 0) is 43.5 Å². The van der Waals surface area contributed by atoms with Crippen molar-refractivity contribution < 1.29 is 14.3 Å². The maximum Gasteiger partial charge on any atom is 0.246 e. The Morgan fingerprint density at radius 2 is 2.32 bits per heavy atom.